The third-order valence-corrected chi connectivity index (χ3v) is 8.46. The van der Waals surface area contributed by atoms with Crippen LogP contribution in [0.4, 0.5) is 30.2 Å². The molecule has 1 unspecified atom stereocenters. The largest absolute Gasteiger partial charge is 0.423 e. The first kappa shape index (κ1) is 35.3. The van der Waals surface area contributed by atoms with Crippen LogP contribution in [0, 0.1) is 27.9 Å². The van der Waals surface area contributed by atoms with Gasteiger partial charge in [-0.2, -0.15) is 18.3 Å². The van der Waals surface area contributed by atoms with Crippen LogP contribution in [0.5, 0.6) is 0 Å². The van der Waals surface area contributed by atoms with Gasteiger partial charge in [0.15, 0.2) is 0 Å². The zero-order valence-electron chi connectivity index (χ0n) is 26.9. The van der Waals surface area contributed by atoms with E-state index in [1.165, 1.54) is 44.0 Å². The number of likely N-dealkylation sites (N-methyl/N-ethyl adjacent to an activating group) is 1. The summed E-state index contributed by atoms with van der Waals surface area (Å²) in [5.41, 5.74) is -2.80. The van der Waals surface area contributed by atoms with Crippen LogP contribution in [0.1, 0.15) is 58.5 Å². The van der Waals surface area contributed by atoms with Crippen molar-refractivity contribution in [2.75, 3.05) is 30.4 Å². The van der Waals surface area contributed by atoms with Gasteiger partial charge in [-0.3, -0.25) is 38.9 Å². The average molecular weight is 694 g/mol. The number of benzene rings is 2. The third-order valence-electron chi connectivity index (χ3n) is 8.46. The Kier molecular flexibility index (Phi) is 9.49. The van der Waals surface area contributed by atoms with E-state index in [0.717, 1.165) is 11.0 Å². The molecule has 5 rings (SSSR count). The number of aldehydes is 1. The van der Waals surface area contributed by atoms with Crippen molar-refractivity contribution in [2.24, 2.45) is 5.92 Å². The van der Waals surface area contributed by atoms with E-state index in [2.05, 4.69) is 27.6 Å². The summed E-state index contributed by atoms with van der Waals surface area (Å²) in [6.45, 7) is 4.00. The van der Waals surface area contributed by atoms with Crippen molar-refractivity contribution in [1.29, 1.82) is 0 Å². The van der Waals surface area contributed by atoms with Crippen LogP contribution in [0.25, 0.3) is 0 Å². The van der Waals surface area contributed by atoms with Crippen molar-refractivity contribution in [1.82, 2.24) is 20.0 Å². The Balaban J connectivity index is 1.22. The minimum absolute atomic E-state index is 0.000147. The fraction of sp³-hybridized carbons (Fsp3) is 0.333. The number of carbonyl (C=O) groups excluding carboxylic acids is 5. The fourth-order valence-electron chi connectivity index (χ4n) is 5.54. The molecular weight excluding hydrogens is 663 g/mol. The van der Waals surface area contributed by atoms with Crippen LogP contribution >= 0.6 is 0 Å². The lowest BCUT2D eigenvalue weighted by Gasteiger charge is -2.38. The Bertz CT molecular complexity index is 1970. The number of nitro groups is 1. The minimum Gasteiger partial charge on any atom is -0.369 e. The van der Waals surface area contributed by atoms with Gasteiger partial charge in [0.1, 0.15) is 23.4 Å². The summed E-state index contributed by atoms with van der Waals surface area (Å²) < 4.78 is 41.4. The van der Waals surface area contributed by atoms with Gasteiger partial charge in [0.2, 0.25) is 5.91 Å². The molecule has 2 aliphatic rings. The highest BCUT2D eigenvalue weighted by atomic mass is 19.4. The molecule has 2 N–H and O–H groups in total. The minimum atomic E-state index is -5.01. The molecule has 0 radical (unpaired) electrons. The number of nitro benzene ring substituents is 1. The van der Waals surface area contributed by atoms with E-state index in [-0.39, 0.29) is 35.6 Å². The Morgan fingerprint density at radius 2 is 1.82 bits per heavy atom. The Labute approximate surface area is 282 Å². The van der Waals surface area contributed by atoms with Gasteiger partial charge >= 0.3 is 6.18 Å². The van der Waals surface area contributed by atoms with Crippen LogP contribution in [0.2, 0.25) is 0 Å². The van der Waals surface area contributed by atoms with Crippen LogP contribution in [-0.4, -0.2) is 75.7 Å². The molecule has 0 bridgehead atoms. The second-order valence-electron chi connectivity index (χ2n) is 12.1. The second-order valence-corrected chi connectivity index (χ2v) is 12.1. The normalized spacial score (nSPS) is 15.1. The molecular formula is C33H30F3N7O7. The van der Waals surface area contributed by atoms with E-state index in [4.69, 9.17) is 0 Å². The first-order valence-electron chi connectivity index (χ1n) is 15.2. The molecule has 2 aliphatic heterocycles. The van der Waals surface area contributed by atoms with Gasteiger partial charge < -0.3 is 20.3 Å². The lowest BCUT2D eigenvalue weighted by molar-refractivity contribution is -0.388. The first-order chi connectivity index (χ1) is 23.6. The molecule has 4 amide bonds. The van der Waals surface area contributed by atoms with E-state index in [1.54, 1.807) is 12.1 Å². The van der Waals surface area contributed by atoms with Gasteiger partial charge in [-0.15, -0.1) is 0 Å². The Hall–Kier alpha value is -6.05. The SMILES string of the molecule is CNC(=O)C(CCC=O)N1C(=O)c2ccc(N3CC(C#Cc4cnn(C(C)(C)C(=O)Nc5ccc([N+](=O)[O-])c(C(F)(F)F)c5)c4)C3)cc2C1=O. The van der Waals surface area contributed by atoms with Crippen molar-refractivity contribution < 1.29 is 42.1 Å². The highest BCUT2D eigenvalue weighted by Gasteiger charge is 2.43. The summed E-state index contributed by atoms with van der Waals surface area (Å²) in [5, 5.41) is 20.0. The predicted octanol–water partition coefficient (Wildman–Crippen LogP) is 3.36. The molecule has 0 aliphatic carbocycles. The molecule has 1 saturated heterocycles. The number of carbonyl (C=O) groups is 5. The number of nitrogens with zero attached hydrogens (tertiary/aromatic N) is 5. The second kappa shape index (κ2) is 13.5. The Morgan fingerprint density at radius 1 is 1.12 bits per heavy atom. The zero-order valence-corrected chi connectivity index (χ0v) is 26.9. The molecule has 0 saturated carbocycles. The topological polar surface area (TPSA) is 177 Å². The van der Waals surface area contributed by atoms with E-state index in [9.17, 15) is 47.3 Å². The summed E-state index contributed by atoms with van der Waals surface area (Å²) in [7, 11) is 1.38. The molecule has 50 heavy (non-hydrogen) atoms. The maximum atomic E-state index is 13.4. The van der Waals surface area contributed by atoms with Gasteiger partial charge in [0.05, 0.1) is 33.7 Å². The summed E-state index contributed by atoms with van der Waals surface area (Å²) in [5.74, 6) is 3.56. The molecule has 14 nitrogen and oxygen atoms in total. The van der Waals surface area contributed by atoms with Crippen LogP contribution < -0.4 is 15.5 Å². The van der Waals surface area contributed by atoms with E-state index >= 15 is 0 Å². The number of halogens is 3. The summed E-state index contributed by atoms with van der Waals surface area (Å²) in [6, 6.07) is 5.91. The molecule has 1 fully saturated rings. The summed E-state index contributed by atoms with van der Waals surface area (Å²) in [6.07, 6.45) is -1.44. The lowest BCUT2D eigenvalue weighted by Crippen LogP contribution is -2.48. The number of fused-ring (bicyclic) bond motifs is 1. The number of hydrogen-bond acceptors (Lipinski definition) is 9. The van der Waals surface area contributed by atoms with Crippen molar-refractivity contribution in [3.8, 4) is 11.8 Å². The zero-order chi connectivity index (χ0) is 36.5. The van der Waals surface area contributed by atoms with Crippen LogP contribution in [-0.2, 0) is 26.1 Å². The maximum Gasteiger partial charge on any atom is 0.423 e. The van der Waals surface area contributed by atoms with E-state index in [0.29, 0.717) is 42.8 Å². The molecule has 1 atom stereocenters. The number of imide groups is 1. The molecule has 3 heterocycles. The van der Waals surface area contributed by atoms with Crippen molar-refractivity contribution >= 4 is 47.0 Å². The molecule has 17 heteroatoms. The van der Waals surface area contributed by atoms with Gasteiger partial charge in [-0.1, -0.05) is 11.8 Å². The molecule has 1 aromatic heterocycles. The number of aromatic nitrogens is 2. The van der Waals surface area contributed by atoms with E-state index in [1.807, 2.05) is 4.90 Å². The number of amides is 4. The number of nitrogens with one attached hydrogen (secondary N) is 2. The Morgan fingerprint density at radius 3 is 2.46 bits per heavy atom. The molecule has 0 spiro atoms. The van der Waals surface area contributed by atoms with Gasteiger partial charge in [-0.05, 0) is 50.6 Å². The summed E-state index contributed by atoms with van der Waals surface area (Å²) >= 11 is 0. The smallest absolute Gasteiger partial charge is 0.369 e. The standard InChI is InChI=1S/C33H30F3N7O7/c1-32(2,31(48)39-21-8-11-26(43(49)50)25(13-21)33(34,35)36)41-18-19(15-38-41)6-7-20-16-40(17-20)22-9-10-23-24(14-22)30(47)42(29(23)46)27(5-4-12-44)28(45)37-3/h8-15,18,20,27H,4-5,16-17H2,1-3H3,(H,37,45)(H,39,48). The predicted molar refractivity (Wildman–Crippen MR) is 171 cm³/mol. The molecule has 260 valence electrons. The van der Waals surface area contributed by atoms with Crippen LogP contribution in [0.15, 0.2) is 48.8 Å². The molecule has 2 aromatic carbocycles. The molecule has 3 aromatic rings. The first-order valence-corrected chi connectivity index (χ1v) is 15.2. The number of hydrogen-bond donors (Lipinski definition) is 2. The number of rotatable bonds is 10. The van der Waals surface area contributed by atoms with E-state index < -0.39 is 57.6 Å². The third kappa shape index (κ3) is 6.77. The number of anilines is 2. The monoisotopic (exact) mass is 693 g/mol. The van der Waals surface area contributed by atoms with Gasteiger partial charge in [0, 0.05) is 50.2 Å². The average Bonchev–Trinajstić information content (AvgIpc) is 3.63. The fourth-order valence-corrected chi connectivity index (χ4v) is 5.54. The van der Waals surface area contributed by atoms with Gasteiger partial charge in [0.25, 0.3) is 23.4 Å². The maximum absolute atomic E-state index is 13.4. The van der Waals surface area contributed by atoms with Crippen LogP contribution in [0.3, 0.4) is 0 Å². The van der Waals surface area contributed by atoms with Gasteiger partial charge in [-0.25, -0.2) is 0 Å². The summed E-state index contributed by atoms with van der Waals surface area (Å²) in [4.78, 5) is 75.4. The van der Waals surface area contributed by atoms with Crippen molar-refractivity contribution in [2.45, 2.75) is 44.4 Å². The van der Waals surface area contributed by atoms with Crippen molar-refractivity contribution in [3.63, 3.8) is 0 Å². The number of alkyl halides is 3. The van der Waals surface area contributed by atoms with Crippen molar-refractivity contribution in [3.05, 3.63) is 81.2 Å². The highest BCUT2D eigenvalue weighted by molar-refractivity contribution is 6.23. The lowest BCUT2D eigenvalue weighted by atomic mass is 9.98. The highest BCUT2D eigenvalue weighted by Crippen LogP contribution is 2.38. The quantitative estimate of drug-likeness (QED) is 0.106.